The van der Waals surface area contributed by atoms with Gasteiger partial charge < -0.3 is 10.2 Å². The number of ether oxygens (including phenoxy) is 1. The van der Waals surface area contributed by atoms with Gasteiger partial charge in [-0.1, -0.05) is 6.92 Å². The first kappa shape index (κ1) is 15.2. The summed E-state index contributed by atoms with van der Waals surface area (Å²) >= 11 is 0. The van der Waals surface area contributed by atoms with Crippen molar-refractivity contribution in [1.82, 2.24) is 9.71 Å². The molecule has 1 aromatic rings. The van der Waals surface area contributed by atoms with Crippen LogP contribution in [-0.4, -0.2) is 32.7 Å². The third kappa shape index (κ3) is 3.45. The highest BCUT2D eigenvalue weighted by atomic mass is 32.2. The zero-order chi connectivity index (χ0) is 14.6. The smallest absolute Gasteiger partial charge is 0.240 e. The molecule has 2 rings (SSSR count). The molecular formula is C12H20N4O3S. The van der Waals surface area contributed by atoms with Gasteiger partial charge in [0.1, 0.15) is 5.82 Å². The van der Waals surface area contributed by atoms with Gasteiger partial charge in [0.2, 0.25) is 10.0 Å². The predicted molar refractivity (Wildman–Crippen MR) is 75.4 cm³/mol. The van der Waals surface area contributed by atoms with Gasteiger partial charge in [-0.25, -0.2) is 24.0 Å². The second kappa shape index (κ2) is 6.49. The Hall–Kier alpha value is -1.22. The molecule has 0 spiro atoms. The summed E-state index contributed by atoms with van der Waals surface area (Å²) in [6, 6.07) is 2.83. The Kier molecular flexibility index (Phi) is 4.92. The average molecular weight is 300 g/mol. The average Bonchev–Trinajstić information content (AvgIpc) is 2.93. The molecule has 1 aliphatic rings. The second-order valence-corrected chi connectivity index (χ2v) is 6.51. The van der Waals surface area contributed by atoms with Gasteiger partial charge in [-0.05, 0) is 18.9 Å². The molecule has 0 radical (unpaired) electrons. The Balaban J connectivity index is 2.03. The first-order valence-corrected chi connectivity index (χ1v) is 8.09. The normalized spacial score (nSPS) is 22.9. The van der Waals surface area contributed by atoms with Gasteiger partial charge in [0.15, 0.2) is 0 Å². The molecule has 1 aromatic heterocycles. The number of hydrogen-bond donors (Lipinski definition) is 3. The topological polar surface area (TPSA) is 106 Å². The Labute approximate surface area is 118 Å². The number of sulfonamides is 1. The molecule has 1 fully saturated rings. The molecule has 20 heavy (non-hydrogen) atoms. The third-order valence-corrected chi connectivity index (χ3v) is 4.90. The highest BCUT2D eigenvalue weighted by Crippen LogP contribution is 2.23. The standard InChI is InChI=1S/C12H20N4O3S/c1-2-11-9(4-6-19-11)8-15-20(17,18)10-3-5-14-12(7-10)16-13/h3,5,7,9,11,15H,2,4,6,8,13H2,1H3,(H,14,16). The summed E-state index contributed by atoms with van der Waals surface area (Å²) in [5.74, 6) is 5.76. The molecule has 4 N–H and O–H groups in total. The van der Waals surface area contributed by atoms with E-state index in [1.807, 2.05) is 6.92 Å². The summed E-state index contributed by atoms with van der Waals surface area (Å²) in [5, 5.41) is 0. The van der Waals surface area contributed by atoms with Crippen molar-refractivity contribution in [3.05, 3.63) is 18.3 Å². The second-order valence-electron chi connectivity index (χ2n) is 4.74. The van der Waals surface area contributed by atoms with Crippen LogP contribution in [0.5, 0.6) is 0 Å². The number of nitrogen functional groups attached to an aromatic ring is 1. The van der Waals surface area contributed by atoms with E-state index in [1.54, 1.807) is 0 Å². The molecule has 0 amide bonds. The predicted octanol–water partition coefficient (Wildman–Crippen LogP) is 0.461. The van der Waals surface area contributed by atoms with Crippen LogP contribution in [-0.2, 0) is 14.8 Å². The number of rotatable bonds is 6. The van der Waals surface area contributed by atoms with Crippen LogP contribution in [0.25, 0.3) is 0 Å². The number of nitrogens with one attached hydrogen (secondary N) is 2. The lowest BCUT2D eigenvalue weighted by atomic mass is 10.0. The third-order valence-electron chi connectivity index (χ3n) is 3.47. The van der Waals surface area contributed by atoms with Gasteiger partial charge in [0.05, 0.1) is 11.0 Å². The molecule has 2 atom stereocenters. The largest absolute Gasteiger partial charge is 0.378 e. The first-order chi connectivity index (χ1) is 9.56. The lowest BCUT2D eigenvalue weighted by molar-refractivity contribution is 0.0884. The van der Waals surface area contributed by atoms with E-state index in [4.69, 9.17) is 10.6 Å². The summed E-state index contributed by atoms with van der Waals surface area (Å²) < 4.78 is 32.6. The van der Waals surface area contributed by atoms with Crippen molar-refractivity contribution in [3.63, 3.8) is 0 Å². The van der Waals surface area contributed by atoms with Crippen molar-refractivity contribution in [1.29, 1.82) is 0 Å². The molecular weight excluding hydrogens is 280 g/mol. The van der Waals surface area contributed by atoms with E-state index in [-0.39, 0.29) is 16.9 Å². The van der Waals surface area contributed by atoms with Crippen LogP contribution in [0.3, 0.4) is 0 Å². The van der Waals surface area contributed by atoms with Gasteiger partial charge in [-0.15, -0.1) is 0 Å². The quantitative estimate of drug-likeness (QED) is 0.520. The lowest BCUT2D eigenvalue weighted by Gasteiger charge is -2.17. The number of hydrazine groups is 1. The Morgan fingerprint density at radius 3 is 3.05 bits per heavy atom. The monoisotopic (exact) mass is 300 g/mol. The number of anilines is 1. The number of nitrogens with two attached hydrogens (primary N) is 1. The summed E-state index contributed by atoms with van der Waals surface area (Å²) in [6.45, 7) is 3.12. The Morgan fingerprint density at radius 1 is 1.55 bits per heavy atom. The molecule has 2 heterocycles. The van der Waals surface area contributed by atoms with E-state index in [1.165, 1.54) is 18.3 Å². The van der Waals surface area contributed by atoms with Crippen molar-refractivity contribution >= 4 is 15.8 Å². The van der Waals surface area contributed by atoms with E-state index in [0.29, 0.717) is 19.0 Å². The minimum atomic E-state index is -3.55. The first-order valence-electron chi connectivity index (χ1n) is 6.60. The van der Waals surface area contributed by atoms with Crippen molar-refractivity contribution in [2.45, 2.75) is 30.8 Å². The fourth-order valence-electron chi connectivity index (χ4n) is 2.33. The van der Waals surface area contributed by atoms with Crippen LogP contribution in [0.1, 0.15) is 19.8 Å². The van der Waals surface area contributed by atoms with Gasteiger partial charge in [0, 0.05) is 31.3 Å². The van der Waals surface area contributed by atoms with Crippen LogP contribution < -0.4 is 16.0 Å². The fourth-order valence-corrected chi connectivity index (χ4v) is 3.44. The van der Waals surface area contributed by atoms with Crippen LogP contribution in [0.2, 0.25) is 0 Å². The molecule has 112 valence electrons. The molecule has 2 unspecified atom stereocenters. The van der Waals surface area contributed by atoms with Crippen LogP contribution >= 0.6 is 0 Å². The highest BCUT2D eigenvalue weighted by molar-refractivity contribution is 7.89. The summed E-state index contributed by atoms with van der Waals surface area (Å²) in [7, 11) is -3.55. The minimum Gasteiger partial charge on any atom is -0.378 e. The van der Waals surface area contributed by atoms with Crippen molar-refractivity contribution in [3.8, 4) is 0 Å². The lowest BCUT2D eigenvalue weighted by Crippen LogP contribution is -2.32. The van der Waals surface area contributed by atoms with Gasteiger partial charge in [-0.2, -0.15) is 0 Å². The molecule has 7 nitrogen and oxygen atoms in total. The molecule has 0 aromatic carbocycles. The van der Waals surface area contributed by atoms with Crippen molar-refractivity contribution < 1.29 is 13.2 Å². The van der Waals surface area contributed by atoms with Gasteiger partial charge >= 0.3 is 0 Å². The molecule has 1 aliphatic heterocycles. The van der Waals surface area contributed by atoms with Gasteiger partial charge in [0.25, 0.3) is 0 Å². The molecule has 0 saturated carbocycles. The van der Waals surface area contributed by atoms with Crippen molar-refractivity contribution in [2.24, 2.45) is 11.8 Å². The number of hydrogen-bond acceptors (Lipinski definition) is 6. The van der Waals surface area contributed by atoms with Crippen LogP contribution in [0.4, 0.5) is 5.82 Å². The maximum Gasteiger partial charge on any atom is 0.240 e. The number of nitrogens with zero attached hydrogens (tertiary/aromatic N) is 1. The maximum atomic E-state index is 12.2. The van der Waals surface area contributed by atoms with Crippen molar-refractivity contribution in [2.75, 3.05) is 18.6 Å². The molecule has 1 saturated heterocycles. The van der Waals surface area contributed by atoms with E-state index >= 15 is 0 Å². The molecule has 0 aliphatic carbocycles. The van der Waals surface area contributed by atoms with Crippen LogP contribution in [0.15, 0.2) is 23.2 Å². The number of aromatic nitrogens is 1. The summed E-state index contributed by atoms with van der Waals surface area (Å²) in [4.78, 5) is 4.03. The minimum absolute atomic E-state index is 0.136. The number of pyridine rings is 1. The molecule has 0 bridgehead atoms. The zero-order valence-electron chi connectivity index (χ0n) is 11.4. The van der Waals surface area contributed by atoms with Crippen LogP contribution in [0, 0.1) is 5.92 Å². The summed E-state index contributed by atoms with van der Waals surface area (Å²) in [6.07, 6.45) is 3.31. The Morgan fingerprint density at radius 2 is 2.35 bits per heavy atom. The maximum absolute atomic E-state index is 12.2. The highest BCUT2D eigenvalue weighted by Gasteiger charge is 2.28. The SMILES string of the molecule is CCC1OCCC1CNS(=O)(=O)c1ccnc(NN)c1. The molecule has 8 heteroatoms. The van der Waals surface area contributed by atoms with E-state index in [2.05, 4.69) is 15.1 Å². The van der Waals surface area contributed by atoms with E-state index in [9.17, 15) is 8.42 Å². The van der Waals surface area contributed by atoms with E-state index in [0.717, 1.165) is 12.8 Å². The summed E-state index contributed by atoms with van der Waals surface area (Å²) in [5.41, 5.74) is 2.33. The Bertz CT molecular complexity index is 549. The van der Waals surface area contributed by atoms with Gasteiger partial charge in [-0.3, -0.25) is 0 Å². The zero-order valence-corrected chi connectivity index (χ0v) is 12.2. The fraction of sp³-hybridized carbons (Fsp3) is 0.583. The van der Waals surface area contributed by atoms with E-state index < -0.39 is 10.0 Å².